The number of ether oxygens (including phenoxy) is 1. The van der Waals surface area contributed by atoms with Crippen LogP contribution in [0.5, 0.6) is 5.75 Å². The summed E-state index contributed by atoms with van der Waals surface area (Å²) in [4.78, 5) is 15.0. The van der Waals surface area contributed by atoms with Crippen molar-refractivity contribution in [2.75, 3.05) is 13.2 Å². The molecule has 4 nitrogen and oxygen atoms in total. The maximum Gasteiger partial charge on any atom is 0.173 e. The molecule has 1 N–H and O–H groups in total. The quantitative estimate of drug-likeness (QED) is 0.751. The van der Waals surface area contributed by atoms with Gasteiger partial charge in [-0.1, -0.05) is 39.0 Å². The minimum Gasteiger partial charge on any atom is -0.493 e. The fraction of sp³-hybridized carbons (Fsp3) is 0.524. The summed E-state index contributed by atoms with van der Waals surface area (Å²) in [6.07, 6.45) is 3.41. The number of benzene rings is 1. The molecule has 1 aromatic rings. The van der Waals surface area contributed by atoms with E-state index in [0.717, 1.165) is 48.4 Å². The van der Waals surface area contributed by atoms with Gasteiger partial charge in [-0.05, 0) is 43.5 Å². The highest BCUT2D eigenvalue weighted by Gasteiger charge is 2.37. The maximum absolute atomic E-state index is 12.8. The van der Waals surface area contributed by atoms with Gasteiger partial charge < -0.3 is 15.0 Å². The second-order valence-corrected chi connectivity index (χ2v) is 7.80. The molecule has 2 aliphatic rings. The Hall–Kier alpha value is -1.88. The van der Waals surface area contributed by atoms with Crippen molar-refractivity contribution in [1.82, 2.24) is 10.2 Å². The van der Waals surface area contributed by atoms with Crippen LogP contribution in [0.15, 0.2) is 35.5 Å². The first-order valence-corrected chi connectivity index (χ1v) is 9.99. The number of carbonyl (C=O) groups is 1. The van der Waals surface area contributed by atoms with Gasteiger partial charge in [0.2, 0.25) is 0 Å². The Bertz CT molecular complexity index is 726. The molecular formula is C21H28N2O2S. The molecule has 140 valence electrons. The van der Waals surface area contributed by atoms with Crippen LogP contribution in [0.25, 0.3) is 0 Å². The molecule has 0 saturated heterocycles. The van der Waals surface area contributed by atoms with Gasteiger partial charge in [-0.2, -0.15) is 0 Å². The topological polar surface area (TPSA) is 41.6 Å². The Kier molecular flexibility index (Phi) is 5.97. The first kappa shape index (κ1) is 18.9. The summed E-state index contributed by atoms with van der Waals surface area (Å²) >= 11 is 5.65. The van der Waals surface area contributed by atoms with E-state index in [-0.39, 0.29) is 11.8 Å². The largest absolute Gasteiger partial charge is 0.493 e. The molecule has 5 heteroatoms. The Morgan fingerprint density at radius 3 is 2.81 bits per heavy atom. The van der Waals surface area contributed by atoms with Crippen molar-refractivity contribution < 1.29 is 9.53 Å². The number of carbonyl (C=O) groups excluding carboxylic acids is 1. The summed E-state index contributed by atoms with van der Waals surface area (Å²) in [6.45, 7) is 7.88. The van der Waals surface area contributed by atoms with Crippen molar-refractivity contribution in [3.8, 4) is 5.75 Å². The highest BCUT2D eigenvalue weighted by Crippen LogP contribution is 2.40. The van der Waals surface area contributed by atoms with Crippen molar-refractivity contribution in [1.29, 1.82) is 0 Å². The molecule has 0 amide bonds. The summed E-state index contributed by atoms with van der Waals surface area (Å²) in [5.41, 5.74) is 2.98. The SMILES string of the molecule is CCCN1C(=S)NC(c2ccccc2OCC(C)C)C2=C1CCCC2=O. The monoisotopic (exact) mass is 372 g/mol. The zero-order valence-electron chi connectivity index (χ0n) is 15.9. The molecule has 0 fully saturated rings. The second-order valence-electron chi connectivity index (χ2n) is 7.41. The molecular weight excluding hydrogens is 344 g/mol. The molecule has 3 rings (SSSR count). The fourth-order valence-electron chi connectivity index (χ4n) is 3.65. The average Bonchev–Trinajstić information content (AvgIpc) is 2.62. The molecule has 0 aromatic heterocycles. The number of ketones is 1. The van der Waals surface area contributed by atoms with Crippen molar-refractivity contribution >= 4 is 23.1 Å². The summed E-state index contributed by atoms with van der Waals surface area (Å²) in [5, 5.41) is 4.14. The number of para-hydroxylation sites is 1. The Labute approximate surface area is 161 Å². The Balaban J connectivity index is 2.03. The highest BCUT2D eigenvalue weighted by atomic mass is 32.1. The van der Waals surface area contributed by atoms with Crippen LogP contribution in [-0.4, -0.2) is 28.9 Å². The number of hydrogen-bond donors (Lipinski definition) is 1. The van der Waals surface area contributed by atoms with Gasteiger partial charge >= 0.3 is 0 Å². The van der Waals surface area contributed by atoms with Crippen LogP contribution in [0.2, 0.25) is 0 Å². The molecule has 26 heavy (non-hydrogen) atoms. The highest BCUT2D eigenvalue weighted by molar-refractivity contribution is 7.80. The molecule has 1 atom stereocenters. The summed E-state index contributed by atoms with van der Waals surface area (Å²) < 4.78 is 6.05. The minimum absolute atomic E-state index is 0.221. The van der Waals surface area contributed by atoms with Crippen LogP contribution in [0.3, 0.4) is 0 Å². The zero-order chi connectivity index (χ0) is 18.7. The summed E-state index contributed by atoms with van der Waals surface area (Å²) in [7, 11) is 0. The van der Waals surface area contributed by atoms with Crippen molar-refractivity contribution in [2.45, 2.75) is 52.5 Å². The van der Waals surface area contributed by atoms with Crippen molar-refractivity contribution in [2.24, 2.45) is 5.92 Å². The number of hydrogen-bond acceptors (Lipinski definition) is 3. The molecule has 1 aliphatic carbocycles. The van der Waals surface area contributed by atoms with E-state index < -0.39 is 0 Å². The van der Waals surface area contributed by atoms with E-state index in [9.17, 15) is 4.79 Å². The average molecular weight is 373 g/mol. The predicted octanol–water partition coefficient (Wildman–Crippen LogP) is 4.37. The molecule has 0 radical (unpaired) electrons. The smallest absolute Gasteiger partial charge is 0.173 e. The van der Waals surface area contributed by atoms with E-state index in [4.69, 9.17) is 17.0 Å². The van der Waals surface area contributed by atoms with Crippen LogP contribution < -0.4 is 10.1 Å². The number of allylic oxidation sites excluding steroid dienone is 1. The van der Waals surface area contributed by atoms with E-state index in [0.29, 0.717) is 24.1 Å². The number of rotatable bonds is 6. The van der Waals surface area contributed by atoms with Crippen LogP contribution in [0.4, 0.5) is 0 Å². The Morgan fingerprint density at radius 1 is 1.31 bits per heavy atom. The van der Waals surface area contributed by atoms with Gasteiger partial charge in [-0.3, -0.25) is 4.79 Å². The molecule has 0 spiro atoms. The molecule has 1 aliphatic heterocycles. The molecule has 1 heterocycles. The summed E-state index contributed by atoms with van der Waals surface area (Å²) in [5.74, 6) is 1.50. The molecule has 0 saturated carbocycles. The zero-order valence-corrected chi connectivity index (χ0v) is 16.7. The normalized spacial score (nSPS) is 20.3. The Morgan fingerprint density at radius 2 is 2.08 bits per heavy atom. The van der Waals surface area contributed by atoms with Gasteiger partial charge in [0.1, 0.15) is 5.75 Å². The first-order chi connectivity index (χ1) is 12.5. The van der Waals surface area contributed by atoms with E-state index >= 15 is 0 Å². The van der Waals surface area contributed by atoms with E-state index in [2.05, 4.69) is 31.0 Å². The van der Waals surface area contributed by atoms with Gasteiger partial charge in [-0.15, -0.1) is 0 Å². The standard InChI is InChI=1S/C21H28N2O2S/c1-4-12-23-16-9-7-10-17(24)19(16)20(22-21(23)26)15-8-5-6-11-18(15)25-13-14(2)3/h5-6,8,11,14,20H,4,7,9-10,12-13H2,1-3H3,(H,22,26). The lowest BCUT2D eigenvalue weighted by atomic mass is 9.84. The van der Waals surface area contributed by atoms with Gasteiger partial charge in [0.05, 0.1) is 12.6 Å². The number of nitrogens with zero attached hydrogens (tertiary/aromatic N) is 1. The third-order valence-corrected chi connectivity index (χ3v) is 5.14. The molecule has 1 aromatic carbocycles. The molecule has 0 bridgehead atoms. The van der Waals surface area contributed by atoms with Crippen LogP contribution in [-0.2, 0) is 4.79 Å². The third-order valence-electron chi connectivity index (χ3n) is 4.81. The van der Waals surface area contributed by atoms with Gasteiger partial charge in [0, 0.05) is 29.8 Å². The lowest BCUT2D eigenvalue weighted by molar-refractivity contribution is -0.116. The van der Waals surface area contributed by atoms with Crippen molar-refractivity contribution in [3.63, 3.8) is 0 Å². The van der Waals surface area contributed by atoms with Crippen LogP contribution in [0, 0.1) is 5.92 Å². The number of thiocarbonyl (C=S) groups is 1. The van der Waals surface area contributed by atoms with Gasteiger partial charge in [0.15, 0.2) is 10.9 Å². The van der Waals surface area contributed by atoms with Gasteiger partial charge in [-0.25, -0.2) is 0 Å². The lowest BCUT2D eigenvalue weighted by Crippen LogP contribution is -2.49. The third kappa shape index (κ3) is 3.78. The number of Topliss-reactive ketones (excluding diaryl/α,β-unsaturated/α-hetero) is 1. The van der Waals surface area contributed by atoms with Crippen molar-refractivity contribution in [3.05, 3.63) is 41.1 Å². The maximum atomic E-state index is 12.8. The van der Waals surface area contributed by atoms with E-state index in [1.54, 1.807) is 0 Å². The lowest BCUT2D eigenvalue weighted by Gasteiger charge is -2.41. The number of nitrogens with one attached hydrogen (secondary N) is 1. The van der Waals surface area contributed by atoms with Crippen LogP contribution >= 0.6 is 12.2 Å². The molecule has 1 unspecified atom stereocenters. The fourth-order valence-corrected chi connectivity index (χ4v) is 3.97. The van der Waals surface area contributed by atoms with Crippen LogP contribution in [0.1, 0.15) is 58.1 Å². The minimum atomic E-state index is -0.221. The first-order valence-electron chi connectivity index (χ1n) is 9.59. The predicted molar refractivity (Wildman–Crippen MR) is 108 cm³/mol. The summed E-state index contributed by atoms with van der Waals surface area (Å²) in [6, 6.07) is 7.77. The van der Waals surface area contributed by atoms with E-state index in [1.807, 2.05) is 24.3 Å². The second kappa shape index (κ2) is 8.21. The van der Waals surface area contributed by atoms with E-state index in [1.165, 1.54) is 0 Å². The van der Waals surface area contributed by atoms with Gasteiger partial charge in [0.25, 0.3) is 0 Å².